The molecule has 1 fully saturated rings. The van der Waals surface area contributed by atoms with Crippen molar-refractivity contribution < 1.29 is 19.4 Å². The van der Waals surface area contributed by atoms with Gasteiger partial charge in [0.2, 0.25) is 0 Å². The monoisotopic (exact) mass is 645 g/mol. The molecule has 1 atom stereocenters. The van der Waals surface area contributed by atoms with Gasteiger partial charge in [-0.25, -0.2) is 9.78 Å². The lowest BCUT2D eigenvalue weighted by molar-refractivity contribution is 0.0598. The second-order valence-corrected chi connectivity index (χ2v) is 11.7. The van der Waals surface area contributed by atoms with Crippen molar-refractivity contribution in [3.05, 3.63) is 106 Å². The Hall–Kier alpha value is -3.85. The number of pyridine rings is 1. The van der Waals surface area contributed by atoms with E-state index in [0.29, 0.717) is 22.1 Å². The molecule has 1 saturated heterocycles. The summed E-state index contributed by atoms with van der Waals surface area (Å²) in [4.78, 5) is 22.2. The van der Waals surface area contributed by atoms with Crippen LogP contribution < -0.4 is 9.64 Å². The fraction of sp³-hybridized carbons (Fsp3) is 0.212. The predicted octanol–water partition coefficient (Wildman–Crippen LogP) is 8.17. The minimum Gasteiger partial charge on any atom is -0.465 e. The number of benzene rings is 3. The molecule has 42 heavy (non-hydrogen) atoms. The maximum absolute atomic E-state index is 12.5. The number of ether oxygens (including phenoxy) is 2. The van der Waals surface area contributed by atoms with Crippen molar-refractivity contribution in [3.63, 3.8) is 0 Å². The third-order valence-electron chi connectivity index (χ3n) is 7.81. The molecule has 1 aliphatic heterocycles. The molecule has 3 aromatic carbocycles. The molecule has 2 N–H and O–H groups in total. The van der Waals surface area contributed by atoms with Crippen molar-refractivity contribution in [1.82, 2.24) is 9.97 Å². The van der Waals surface area contributed by atoms with E-state index in [1.807, 2.05) is 72.9 Å². The first-order valence-corrected chi connectivity index (χ1v) is 14.9. The number of rotatable bonds is 7. The Morgan fingerprint density at radius 3 is 2.62 bits per heavy atom. The number of esters is 1. The van der Waals surface area contributed by atoms with E-state index in [1.54, 1.807) is 12.3 Å². The first-order chi connectivity index (χ1) is 20.4. The molecular formula is C33H29BrClN3O4. The normalized spacial score (nSPS) is 14.6. The van der Waals surface area contributed by atoms with Crippen molar-refractivity contribution in [1.29, 1.82) is 0 Å². The van der Waals surface area contributed by atoms with Gasteiger partial charge in [-0.1, -0.05) is 45.7 Å². The van der Waals surface area contributed by atoms with Crippen molar-refractivity contribution in [2.45, 2.75) is 18.9 Å². The van der Waals surface area contributed by atoms with Crippen molar-refractivity contribution >= 4 is 50.2 Å². The van der Waals surface area contributed by atoms with Crippen LogP contribution in [0.3, 0.4) is 0 Å². The predicted molar refractivity (Wildman–Crippen MR) is 168 cm³/mol. The molecule has 1 unspecified atom stereocenters. The molecule has 0 amide bonds. The quantitative estimate of drug-likeness (QED) is 0.174. The first-order valence-electron chi connectivity index (χ1n) is 13.7. The molecule has 2 aromatic heterocycles. The topological polar surface area (TPSA) is 87.7 Å². The number of methoxy groups -OCH3 is 1. The van der Waals surface area contributed by atoms with Crippen molar-refractivity contribution in [3.8, 4) is 22.6 Å². The van der Waals surface area contributed by atoms with Gasteiger partial charge in [0.25, 0.3) is 0 Å². The molecule has 214 valence electrons. The zero-order chi connectivity index (χ0) is 29.2. The Labute approximate surface area is 257 Å². The van der Waals surface area contributed by atoms with E-state index >= 15 is 0 Å². The molecule has 6 rings (SSSR count). The van der Waals surface area contributed by atoms with Crippen LogP contribution >= 0.6 is 27.5 Å². The number of aliphatic hydroxyl groups excluding tert-OH is 1. The van der Waals surface area contributed by atoms with Crippen LogP contribution in [0.25, 0.3) is 22.2 Å². The van der Waals surface area contributed by atoms with Crippen molar-refractivity contribution in [2.75, 3.05) is 25.1 Å². The van der Waals surface area contributed by atoms with Crippen LogP contribution in [0.5, 0.6) is 11.5 Å². The summed E-state index contributed by atoms with van der Waals surface area (Å²) in [6.45, 7) is 1.50. The zero-order valence-electron chi connectivity index (χ0n) is 22.9. The number of nitrogens with one attached hydrogen (secondary N) is 1. The van der Waals surface area contributed by atoms with Gasteiger partial charge in [0.1, 0.15) is 22.7 Å². The maximum Gasteiger partial charge on any atom is 0.341 e. The highest BCUT2D eigenvalue weighted by Gasteiger charge is 2.29. The van der Waals surface area contributed by atoms with Crippen LogP contribution in [-0.2, 0) is 4.74 Å². The van der Waals surface area contributed by atoms with Crippen LogP contribution in [0.2, 0.25) is 5.02 Å². The number of carbonyl (C=O) groups excluding carboxylic acids is 1. The molecule has 9 heteroatoms. The molecule has 3 heterocycles. The second kappa shape index (κ2) is 12.2. The summed E-state index contributed by atoms with van der Waals surface area (Å²) in [5.74, 6) is 0.544. The number of piperidine rings is 1. The summed E-state index contributed by atoms with van der Waals surface area (Å²) in [6.07, 6.45) is 4.43. The average molecular weight is 647 g/mol. The molecule has 0 aliphatic carbocycles. The minimum atomic E-state index is -0.619. The van der Waals surface area contributed by atoms with Gasteiger partial charge in [-0.05, 0) is 84.0 Å². The lowest BCUT2D eigenvalue weighted by Gasteiger charge is -2.36. The summed E-state index contributed by atoms with van der Waals surface area (Å²) < 4.78 is 12.1. The van der Waals surface area contributed by atoms with Crippen LogP contribution in [0.1, 0.15) is 34.9 Å². The van der Waals surface area contributed by atoms with E-state index in [0.717, 1.165) is 63.8 Å². The fourth-order valence-corrected chi connectivity index (χ4v) is 6.08. The summed E-state index contributed by atoms with van der Waals surface area (Å²) >= 11 is 9.70. The molecule has 0 radical (unpaired) electrons. The van der Waals surface area contributed by atoms with E-state index in [1.165, 1.54) is 7.11 Å². The number of halogens is 2. The number of aromatic amines is 1. The highest BCUT2D eigenvalue weighted by molar-refractivity contribution is 9.10. The number of aliphatic hydroxyl groups is 1. The second-order valence-electron chi connectivity index (χ2n) is 10.4. The molecular weight excluding hydrogens is 618 g/mol. The SMILES string of the molecule is COC(=O)c1ccc(N2CCC(C(O)c3cc(Br)ccc3-c3ccc(Cl)cc3)CC2)cc1Oc1cnc2[nH]ccc2c1. The lowest BCUT2D eigenvalue weighted by atomic mass is 9.84. The molecule has 7 nitrogen and oxygen atoms in total. The largest absolute Gasteiger partial charge is 0.465 e. The fourth-order valence-electron chi connectivity index (χ4n) is 5.57. The number of carbonyl (C=O) groups is 1. The number of nitrogens with zero attached hydrogens (tertiary/aromatic N) is 2. The Kier molecular flexibility index (Phi) is 8.20. The van der Waals surface area contributed by atoms with Gasteiger partial charge in [0.05, 0.1) is 19.4 Å². The smallest absolute Gasteiger partial charge is 0.341 e. The van der Waals surface area contributed by atoms with Gasteiger partial charge in [-0.3, -0.25) is 0 Å². The van der Waals surface area contributed by atoms with E-state index in [-0.39, 0.29) is 5.92 Å². The van der Waals surface area contributed by atoms with Crippen molar-refractivity contribution in [2.24, 2.45) is 5.92 Å². The number of aromatic nitrogens is 2. The van der Waals surface area contributed by atoms with Gasteiger partial charge in [-0.15, -0.1) is 0 Å². The Bertz CT molecular complexity index is 1730. The maximum atomic E-state index is 12.5. The van der Waals surface area contributed by atoms with Gasteiger partial charge >= 0.3 is 5.97 Å². The van der Waals surface area contributed by atoms with Crippen LogP contribution in [0, 0.1) is 5.92 Å². The summed E-state index contributed by atoms with van der Waals surface area (Å²) in [5, 5.41) is 13.2. The number of anilines is 1. The Morgan fingerprint density at radius 1 is 1.07 bits per heavy atom. The van der Waals surface area contributed by atoms with E-state index < -0.39 is 12.1 Å². The van der Waals surface area contributed by atoms with E-state index in [2.05, 4.69) is 30.8 Å². The van der Waals surface area contributed by atoms with Gasteiger partial charge in [0.15, 0.2) is 0 Å². The van der Waals surface area contributed by atoms with E-state index in [9.17, 15) is 9.90 Å². The minimum absolute atomic E-state index is 0.0887. The number of hydrogen-bond acceptors (Lipinski definition) is 6. The first kappa shape index (κ1) is 28.3. The molecule has 1 aliphatic rings. The Balaban J connectivity index is 1.21. The lowest BCUT2D eigenvalue weighted by Crippen LogP contribution is -2.35. The molecule has 0 bridgehead atoms. The Morgan fingerprint density at radius 2 is 1.86 bits per heavy atom. The summed E-state index contributed by atoms with van der Waals surface area (Å²) in [5.41, 5.74) is 4.95. The highest BCUT2D eigenvalue weighted by atomic mass is 79.9. The van der Waals surface area contributed by atoms with E-state index in [4.69, 9.17) is 21.1 Å². The number of fused-ring (bicyclic) bond motifs is 1. The van der Waals surface area contributed by atoms with Gasteiger partial charge in [-0.2, -0.15) is 0 Å². The summed E-state index contributed by atoms with van der Waals surface area (Å²) in [7, 11) is 1.35. The van der Waals surface area contributed by atoms with Gasteiger partial charge < -0.3 is 24.5 Å². The highest BCUT2D eigenvalue weighted by Crippen LogP contribution is 2.39. The number of H-pyrrole nitrogens is 1. The standard InChI is InChI=1S/C33H29BrClN3O4/c1-41-33(40)28-9-7-25(18-30(28)42-26-16-22-10-13-36-32(22)37-19-26)38-14-11-21(12-15-38)31(39)29-17-23(34)4-8-27(29)20-2-5-24(35)6-3-20/h2-10,13,16-19,21,31,39H,11-12,14-15H2,1H3,(H,36,37). The zero-order valence-corrected chi connectivity index (χ0v) is 25.2. The molecule has 5 aromatic rings. The molecule has 0 saturated carbocycles. The van der Waals surface area contributed by atoms with Gasteiger partial charge in [0, 0.05) is 45.9 Å². The average Bonchev–Trinajstić information content (AvgIpc) is 3.49. The molecule has 0 spiro atoms. The van der Waals surface area contributed by atoms with Crippen LogP contribution in [0.15, 0.2) is 89.7 Å². The third kappa shape index (κ3) is 5.88. The third-order valence-corrected chi connectivity index (χ3v) is 8.56. The summed E-state index contributed by atoms with van der Waals surface area (Å²) in [6, 6.07) is 23.0. The van der Waals surface area contributed by atoms with Crippen LogP contribution in [0.4, 0.5) is 5.69 Å². The number of hydrogen-bond donors (Lipinski definition) is 2. The van der Waals surface area contributed by atoms with Crippen LogP contribution in [-0.4, -0.2) is 41.2 Å².